The van der Waals surface area contributed by atoms with Crippen molar-refractivity contribution in [2.24, 2.45) is 5.92 Å². The van der Waals surface area contributed by atoms with Gasteiger partial charge in [0.05, 0.1) is 23.3 Å². The molecule has 0 spiro atoms. The maximum absolute atomic E-state index is 12.9. The van der Waals surface area contributed by atoms with E-state index in [1.54, 1.807) is 29.7 Å². The molecule has 8 heteroatoms. The number of benzene rings is 1. The Hall–Kier alpha value is -2.35. The van der Waals surface area contributed by atoms with Crippen LogP contribution in [0.25, 0.3) is 10.9 Å². The van der Waals surface area contributed by atoms with Gasteiger partial charge in [0, 0.05) is 6.54 Å². The molecular weight excluding hydrogens is 354 g/mol. The van der Waals surface area contributed by atoms with Gasteiger partial charge in [-0.3, -0.25) is 19.5 Å². The third-order valence-electron chi connectivity index (χ3n) is 3.82. The third-order valence-corrected chi connectivity index (χ3v) is 4.91. The van der Waals surface area contributed by atoms with Crippen molar-refractivity contribution in [2.75, 3.05) is 7.11 Å². The number of nitrogens with zero attached hydrogens (tertiary/aromatic N) is 2. The number of fused-ring (bicyclic) bond motifs is 1. The number of amides is 2. The van der Waals surface area contributed by atoms with Crippen molar-refractivity contribution in [1.29, 1.82) is 0 Å². The molecule has 0 fully saturated rings. The van der Waals surface area contributed by atoms with Crippen molar-refractivity contribution >= 4 is 34.7 Å². The van der Waals surface area contributed by atoms with Gasteiger partial charge in [-0.25, -0.2) is 9.78 Å². The van der Waals surface area contributed by atoms with Gasteiger partial charge in [-0.15, -0.1) is 0 Å². The van der Waals surface area contributed by atoms with E-state index >= 15 is 0 Å². The van der Waals surface area contributed by atoms with Gasteiger partial charge in [0.25, 0.3) is 5.56 Å². The number of hydrogen-bond acceptors (Lipinski definition) is 6. The van der Waals surface area contributed by atoms with E-state index in [2.05, 4.69) is 28.9 Å². The Morgan fingerprint density at radius 2 is 1.96 bits per heavy atom. The van der Waals surface area contributed by atoms with Crippen LogP contribution in [-0.4, -0.2) is 33.9 Å². The number of para-hydroxylation sites is 1. The van der Waals surface area contributed by atoms with Gasteiger partial charge >= 0.3 is 6.09 Å². The van der Waals surface area contributed by atoms with Gasteiger partial charge in [-0.05, 0) is 31.4 Å². The van der Waals surface area contributed by atoms with E-state index in [-0.39, 0.29) is 5.56 Å². The lowest BCUT2D eigenvalue weighted by Gasteiger charge is -2.16. The molecule has 0 radical (unpaired) electrons. The molecule has 2 rings (SSSR count). The molecule has 1 N–H and O–H groups in total. The van der Waals surface area contributed by atoms with Crippen LogP contribution in [0.5, 0.6) is 0 Å². The standard InChI is InChI=1S/C18H23N3O4S/c1-11(2)9-10-21-16(23)13-7-5-6-8-14(13)19-17(21)26-12(3)15(22)20-18(24)25-4/h5-8,11-12H,9-10H2,1-4H3,(H,20,22,24)/t12-/m1/s1. The van der Waals surface area contributed by atoms with Crippen molar-refractivity contribution in [3.8, 4) is 0 Å². The molecule has 140 valence electrons. The minimum atomic E-state index is -0.814. The topological polar surface area (TPSA) is 90.3 Å². The van der Waals surface area contributed by atoms with Crippen molar-refractivity contribution < 1.29 is 14.3 Å². The summed E-state index contributed by atoms with van der Waals surface area (Å²) in [5, 5.41) is 2.53. The van der Waals surface area contributed by atoms with Crippen LogP contribution < -0.4 is 10.9 Å². The molecule has 0 saturated carbocycles. The molecule has 0 aliphatic rings. The summed E-state index contributed by atoms with van der Waals surface area (Å²) in [6, 6.07) is 7.14. The molecule has 2 amide bonds. The zero-order valence-corrected chi connectivity index (χ0v) is 16.1. The normalized spacial score (nSPS) is 12.2. The van der Waals surface area contributed by atoms with Crippen LogP contribution in [0.15, 0.2) is 34.2 Å². The number of hydrogen-bond donors (Lipinski definition) is 1. The minimum Gasteiger partial charge on any atom is -0.453 e. The summed E-state index contributed by atoms with van der Waals surface area (Å²) >= 11 is 1.14. The second-order valence-electron chi connectivity index (χ2n) is 6.29. The number of carbonyl (C=O) groups is 2. The number of rotatable bonds is 6. The monoisotopic (exact) mass is 377 g/mol. The van der Waals surface area contributed by atoms with Gasteiger partial charge in [0.15, 0.2) is 5.16 Å². The van der Waals surface area contributed by atoms with E-state index in [9.17, 15) is 14.4 Å². The van der Waals surface area contributed by atoms with E-state index in [0.717, 1.165) is 18.2 Å². The van der Waals surface area contributed by atoms with E-state index in [1.165, 1.54) is 7.11 Å². The number of ether oxygens (including phenoxy) is 1. The number of aromatic nitrogens is 2. The molecule has 7 nitrogen and oxygen atoms in total. The highest BCUT2D eigenvalue weighted by molar-refractivity contribution is 8.00. The Morgan fingerprint density at radius 1 is 1.27 bits per heavy atom. The molecule has 0 unspecified atom stereocenters. The van der Waals surface area contributed by atoms with Crippen molar-refractivity contribution in [1.82, 2.24) is 14.9 Å². The van der Waals surface area contributed by atoms with Gasteiger partial charge in [0.1, 0.15) is 0 Å². The number of nitrogens with one attached hydrogen (secondary N) is 1. The van der Waals surface area contributed by atoms with Gasteiger partial charge < -0.3 is 4.74 Å². The first-order chi connectivity index (χ1) is 12.3. The average Bonchev–Trinajstić information content (AvgIpc) is 2.61. The van der Waals surface area contributed by atoms with E-state index in [0.29, 0.717) is 28.5 Å². The second kappa shape index (κ2) is 8.84. The summed E-state index contributed by atoms with van der Waals surface area (Å²) < 4.78 is 6.04. The van der Waals surface area contributed by atoms with Gasteiger partial charge in [0.2, 0.25) is 5.91 Å². The van der Waals surface area contributed by atoms with E-state index < -0.39 is 17.3 Å². The molecule has 1 aromatic carbocycles. The smallest absolute Gasteiger partial charge is 0.413 e. The lowest BCUT2D eigenvalue weighted by atomic mass is 10.1. The number of alkyl carbamates (subject to hydrolysis) is 1. The number of carbonyl (C=O) groups excluding carboxylic acids is 2. The summed E-state index contributed by atoms with van der Waals surface area (Å²) in [6.45, 7) is 6.33. The predicted molar refractivity (Wildman–Crippen MR) is 101 cm³/mol. The molecule has 1 atom stereocenters. The molecule has 0 aliphatic carbocycles. The zero-order valence-electron chi connectivity index (χ0n) is 15.3. The summed E-state index contributed by atoms with van der Waals surface area (Å²) in [6.07, 6.45) is 0.00192. The number of thioether (sulfide) groups is 1. The summed E-state index contributed by atoms with van der Waals surface area (Å²) in [5.41, 5.74) is 0.459. The largest absolute Gasteiger partial charge is 0.453 e. The lowest BCUT2D eigenvalue weighted by Crippen LogP contribution is -2.36. The van der Waals surface area contributed by atoms with Crippen LogP contribution in [0, 0.1) is 5.92 Å². The molecule has 1 heterocycles. The molecule has 0 aliphatic heterocycles. The first-order valence-corrected chi connectivity index (χ1v) is 9.26. The lowest BCUT2D eigenvalue weighted by molar-refractivity contribution is -0.119. The van der Waals surface area contributed by atoms with E-state index in [1.807, 2.05) is 6.07 Å². The Labute approximate surface area is 156 Å². The molecule has 0 bridgehead atoms. The van der Waals surface area contributed by atoms with Crippen LogP contribution in [0.4, 0.5) is 4.79 Å². The first kappa shape index (κ1) is 20.0. The van der Waals surface area contributed by atoms with Crippen LogP contribution in [-0.2, 0) is 16.1 Å². The highest BCUT2D eigenvalue weighted by Gasteiger charge is 2.21. The Bertz CT molecular complexity index is 863. The van der Waals surface area contributed by atoms with Crippen LogP contribution >= 0.6 is 11.8 Å². The Morgan fingerprint density at radius 3 is 2.62 bits per heavy atom. The molecular formula is C18H23N3O4S. The minimum absolute atomic E-state index is 0.126. The first-order valence-electron chi connectivity index (χ1n) is 8.38. The second-order valence-corrected chi connectivity index (χ2v) is 7.60. The zero-order chi connectivity index (χ0) is 19.3. The predicted octanol–water partition coefficient (Wildman–Crippen LogP) is 2.81. The molecule has 0 saturated heterocycles. The Balaban J connectivity index is 2.37. The fraction of sp³-hybridized carbons (Fsp3) is 0.444. The SMILES string of the molecule is COC(=O)NC(=O)[C@@H](C)Sc1nc2ccccc2c(=O)n1CCC(C)C. The summed E-state index contributed by atoms with van der Waals surface area (Å²) in [7, 11) is 1.19. The fourth-order valence-corrected chi connectivity index (χ4v) is 3.22. The highest BCUT2D eigenvalue weighted by Crippen LogP contribution is 2.23. The third kappa shape index (κ3) is 4.85. The highest BCUT2D eigenvalue weighted by atomic mass is 32.2. The number of imide groups is 1. The molecule has 26 heavy (non-hydrogen) atoms. The van der Waals surface area contributed by atoms with Crippen molar-refractivity contribution in [2.45, 2.75) is 44.1 Å². The van der Waals surface area contributed by atoms with Crippen molar-refractivity contribution in [3.05, 3.63) is 34.6 Å². The quantitative estimate of drug-likeness (QED) is 0.615. The van der Waals surface area contributed by atoms with Gasteiger partial charge in [-0.1, -0.05) is 37.7 Å². The van der Waals surface area contributed by atoms with Crippen LogP contribution in [0.1, 0.15) is 27.2 Å². The van der Waals surface area contributed by atoms with Gasteiger partial charge in [-0.2, -0.15) is 0 Å². The number of methoxy groups -OCH3 is 1. The van der Waals surface area contributed by atoms with Crippen molar-refractivity contribution in [3.63, 3.8) is 0 Å². The average molecular weight is 377 g/mol. The molecule has 1 aromatic heterocycles. The van der Waals surface area contributed by atoms with E-state index in [4.69, 9.17) is 0 Å². The van der Waals surface area contributed by atoms with Crippen LogP contribution in [0.3, 0.4) is 0 Å². The maximum atomic E-state index is 12.9. The molecule has 2 aromatic rings. The fourth-order valence-electron chi connectivity index (χ4n) is 2.29. The van der Waals surface area contributed by atoms with Crippen LogP contribution in [0.2, 0.25) is 0 Å². The Kier molecular flexibility index (Phi) is 6.79. The summed E-state index contributed by atoms with van der Waals surface area (Å²) in [4.78, 5) is 40.8. The summed E-state index contributed by atoms with van der Waals surface area (Å²) in [5.74, 6) is -0.0778. The maximum Gasteiger partial charge on any atom is 0.413 e.